The maximum Gasteiger partial charge on any atom is 0.212 e. The highest BCUT2D eigenvalue weighted by molar-refractivity contribution is 7.16. The van der Waals surface area contributed by atoms with Crippen LogP contribution < -0.4 is 0 Å². The number of rotatable bonds is 1. The average Bonchev–Trinajstić information content (AvgIpc) is 2.72. The van der Waals surface area contributed by atoms with Gasteiger partial charge in [0.1, 0.15) is 5.01 Å². The summed E-state index contributed by atoms with van der Waals surface area (Å²) in [6.45, 7) is 6.21. The summed E-state index contributed by atoms with van der Waals surface area (Å²) >= 11 is 1.62. The van der Waals surface area contributed by atoms with Crippen LogP contribution in [-0.2, 0) is 0 Å². The monoisotopic (exact) mass is 243 g/mol. The minimum atomic E-state index is 0.955. The molecule has 0 bridgehead atoms. The van der Waals surface area contributed by atoms with Crippen LogP contribution in [0.15, 0.2) is 24.4 Å². The molecule has 0 aliphatic heterocycles. The van der Waals surface area contributed by atoms with Gasteiger partial charge in [0.25, 0.3) is 0 Å². The Kier molecular flexibility index (Phi) is 2.26. The second-order valence-electron chi connectivity index (χ2n) is 4.35. The van der Waals surface area contributed by atoms with Gasteiger partial charge in [0, 0.05) is 5.56 Å². The first-order chi connectivity index (χ1) is 8.11. The molecule has 0 saturated heterocycles. The molecule has 0 saturated carbocycles. The number of benzene rings is 1. The van der Waals surface area contributed by atoms with Gasteiger partial charge in [-0.1, -0.05) is 28.5 Å². The van der Waals surface area contributed by atoms with E-state index in [9.17, 15) is 0 Å². The molecule has 1 aromatic carbocycles. The van der Waals surface area contributed by atoms with E-state index >= 15 is 0 Å². The maximum absolute atomic E-state index is 4.60. The average molecular weight is 243 g/mol. The second-order valence-corrected chi connectivity index (χ2v) is 5.51. The standard InChI is InChI=1S/C13H13N3S/c1-8-4-9(2)6-11(5-8)12-7-16-13(14-12)17-10(3)15-16/h4-7H,1-3H3. The zero-order chi connectivity index (χ0) is 12.0. The summed E-state index contributed by atoms with van der Waals surface area (Å²) in [6, 6.07) is 6.49. The third-order valence-corrected chi connectivity index (χ3v) is 3.50. The van der Waals surface area contributed by atoms with Gasteiger partial charge in [-0.2, -0.15) is 5.10 Å². The Morgan fingerprint density at radius 1 is 1.06 bits per heavy atom. The largest absolute Gasteiger partial charge is 0.217 e. The molecule has 0 spiro atoms. The van der Waals surface area contributed by atoms with Crippen molar-refractivity contribution in [2.24, 2.45) is 0 Å². The van der Waals surface area contributed by atoms with E-state index in [2.05, 4.69) is 42.1 Å². The molecule has 4 heteroatoms. The fourth-order valence-corrected chi connectivity index (χ4v) is 2.79. The highest BCUT2D eigenvalue weighted by atomic mass is 32.1. The highest BCUT2D eigenvalue weighted by Crippen LogP contribution is 2.23. The molecule has 0 fully saturated rings. The van der Waals surface area contributed by atoms with E-state index in [4.69, 9.17) is 0 Å². The number of imidazole rings is 1. The van der Waals surface area contributed by atoms with Gasteiger partial charge < -0.3 is 0 Å². The fraction of sp³-hybridized carbons (Fsp3) is 0.231. The summed E-state index contributed by atoms with van der Waals surface area (Å²) in [7, 11) is 0. The van der Waals surface area contributed by atoms with E-state index in [1.54, 1.807) is 11.3 Å². The molecule has 2 aromatic heterocycles. The summed E-state index contributed by atoms with van der Waals surface area (Å²) in [5.74, 6) is 0. The van der Waals surface area contributed by atoms with E-state index in [0.717, 1.165) is 21.2 Å². The molecule has 0 radical (unpaired) electrons. The fourth-order valence-electron chi connectivity index (χ4n) is 2.06. The molecule has 3 aromatic rings. The van der Waals surface area contributed by atoms with Crippen molar-refractivity contribution in [3.05, 3.63) is 40.5 Å². The predicted octanol–water partition coefficient (Wildman–Crippen LogP) is 3.38. The first kappa shape index (κ1) is 10.5. The van der Waals surface area contributed by atoms with E-state index in [1.807, 2.05) is 17.6 Å². The first-order valence-corrected chi connectivity index (χ1v) is 6.35. The van der Waals surface area contributed by atoms with Gasteiger partial charge in [0.05, 0.1) is 11.9 Å². The summed E-state index contributed by atoms with van der Waals surface area (Å²) < 4.78 is 1.85. The Balaban J connectivity index is 2.16. The minimum absolute atomic E-state index is 0.955. The van der Waals surface area contributed by atoms with Crippen LogP contribution in [0.3, 0.4) is 0 Å². The predicted molar refractivity (Wildman–Crippen MR) is 70.5 cm³/mol. The van der Waals surface area contributed by atoms with Gasteiger partial charge >= 0.3 is 0 Å². The lowest BCUT2D eigenvalue weighted by atomic mass is 10.1. The zero-order valence-electron chi connectivity index (χ0n) is 10.1. The Morgan fingerprint density at radius 2 is 1.76 bits per heavy atom. The number of aromatic nitrogens is 3. The molecule has 2 heterocycles. The Bertz CT molecular complexity index is 642. The van der Waals surface area contributed by atoms with Crippen molar-refractivity contribution in [2.45, 2.75) is 20.8 Å². The van der Waals surface area contributed by atoms with Crippen molar-refractivity contribution in [2.75, 3.05) is 0 Å². The molecule has 0 unspecified atom stereocenters. The lowest BCUT2D eigenvalue weighted by Gasteiger charge is -2.01. The molecule has 0 aliphatic rings. The zero-order valence-corrected chi connectivity index (χ0v) is 10.9. The summed E-state index contributed by atoms with van der Waals surface area (Å²) in [4.78, 5) is 5.56. The summed E-state index contributed by atoms with van der Waals surface area (Å²) in [6.07, 6.45) is 1.99. The minimum Gasteiger partial charge on any atom is -0.217 e. The van der Waals surface area contributed by atoms with Gasteiger partial charge in [-0.05, 0) is 32.9 Å². The van der Waals surface area contributed by atoms with Crippen LogP contribution in [0, 0.1) is 20.8 Å². The van der Waals surface area contributed by atoms with Crippen molar-refractivity contribution in [3.63, 3.8) is 0 Å². The van der Waals surface area contributed by atoms with Crippen LogP contribution in [0.25, 0.3) is 16.2 Å². The van der Waals surface area contributed by atoms with Crippen LogP contribution in [0.4, 0.5) is 0 Å². The lowest BCUT2D eigenvalue weighted by Crippen LogP contribution is -1.83. The van der Waals surface area contributed by atoms with Crippen LogP contribution in [0.2, 0.25) is 0 Å². The topological polar surface area (TPSA) is 30.2 Å². The van der Waals surface area contributed by atoms with Crippen LogP contribution >= 0.6 is 11.3 Å². The quantitative estimate of drug-likeness (QED) is 0.656. The van der Waals surface area contributed by atoms with Gasteiger partial charge in [-0.15, -0.1) is 0 Å². The van der Waals surface area contributed by atoms with Gasteiger partial charge in [-0.25, -0.2) is 9.50 Å². The molecular weight excluding hydrogens is 230 g/mol. The lowest BCUT2D eigenvalue weighted by molar-refractivity contribution is 0.946. The Hall–Kier alpha value is -1.68. The van der Waals surface area contributed by atoms with E-state index < -0.39 is 0 Å². The molecule has 17 heavy (non-hydrogen) atoms. The van der Waals surface area contributed by atoms with Crippen molar-refractivity contribution < 1.29 is 0 Å². The number of hydrogen-bond acceptors (Lipinski definition) is 3. The molecular formula is C13H13N3S. The molecule has 86 valence electrons. The number of aryl methyl sites for hydroxylation is 3. The Morgan fingerprint density at radius 3 is 2.41 bits per heavy atom. The van der Waals surface area contributed by atoms with Crippen molar-refractivity contribution in [1.82, 2.24) is 14.6 Å². The highest BCUT2D eigenvalue weighted by Gasteiger charge is 2.08. The molecule has 0 atom stereocenters. The number of fused-ring (bicyclic) bond motifs is 1. The second kappa shape index (κ2) is 3.67. The van der Waals surface area contributed by atoms with Gasteiger partial charge in [-0.3, -0.25) is 0 Å². The number of nitrogens with zero attached hydrogens (tertiary/aromatic N) is 3. The van der Waals surface area contributed by atoms with Gasteiger partial charge in [0.15, 0.2) is 0 Å². The van der Waals surface area contributed by atoms with Gasteiger partial charge in [0.2, 0.25) is 4.96 Å². The van der Waals surface area contributed by atoms with Crippen molar-refractivity contribution in [3.8, 4) is 11.3 Å². The third-order valence-electron chi connectivity index (χ3n) is 2.66. The Labute approximate surface area is 104 Å². The third kappa shape index (κ3) is 1.85. The molecule has 0 aliphatic carbocycles. The SMILES string of the molecule is Cc1cc(C)cc(-c2cn3nc(C)sc3n2)c1. The molecule has 3 rings (SSSR count). The molecule has 0 N–H and O–H groups in total. The molecule has 3 nitrogen and oxygen atoms in total. The van der Waals surface area contributed by atoms with E-state index in [1.165, 1.54) is 11.1 Å². The van der Waals surface area contributed by atoms with E-state index in [-0.39, 0.29) is 0 Å². The molecule has 0 amide bonds. The first-order valence-electron chi connectivity index (χ1n) is 5.53. The van der Waals surface area contributed by atoms with E-state index in [0.29, 0.717) is 0 Å². The van der Waals surface area contributed by atoms with Crippen LogP contribution in [0.1, 0.15) is 16.1 Å². The van der Waals surface area contributed by atoms with Crippen molar-refractivity contribution in [1.29, 1.82) is 0 Å². The maximum atomic E-state index is 4.60. The summed E-state index contributed by atoms with van der Waals surface area (Å²) in [5, 5.41) is 5.42. The summed E-state index contributed by atoms with van der Waals surface area (Å²) in [5.41, 5.74) is 4.69. The smallest absolute Gasteiger partial charge is 0.212 e. The van der Waals surface area contributed by atoms with Crippen LogP contribution in [-0.4, -0.2) is 14.6 Å². The van der Waals surface area contributed by atoms with Crippen LogP contribution in [0.5, 0.6) is 0 Å². The number of hydrogen-bond donors (Lipinski definition) is 0. The normalized spacial score (nSPS) is 11.2. The van der Waals surface area contributed by atoms with Crippen molar-refractivity contribution >= 4 is 16.3 Å².